The van der Waals surface area contributed by atoms with Crippen LogP contribution in [0.15, 0.2) is 18.2 Å². The molecule has 1 amide bonds. The lowest BCUT2D eigenvalue weighted by molar-refractivity contribution is -0.117. The summed E-state index contributed by atoms with van der Waals surface area (Å²) in [5, 5.41) is 12.4. The number of carbonyl (C=O) groups excluding carboxylic acids is 1. The maximum Gasteiger partial charge on any atom is 0.238 e. The number of aryl methyl sites for hydroxylation is 1. The minimum absolute atomic E-state index is 0.0407. The first-order chi connectivity index (χ1) is 9.95. The van der Waals surface area contributed by atoms with E-state index in [1.807, 2.05) is 32.0 Å². The molecule has 0 aliphatic carbocycles. The maximum absolute atomic E-state index is 12.1. The van der Waals surface area contributed by atoms with E-state index in [1.54, 1.807) is 0 Å². The van der Waals surface area contributed by atoms with Crippen molar-refractivity contribution < 1.29 is 9.90 Å². The molecule has 1 aliphatic rings. The van der Waals surface area contributed by atoms with Crippen molar-refractivity contribution in [2.75, 3.05) is 30.7 Å². The van der Waals surface area contributed by atoms with Crippen molar-refractivity contribution in [3.63, 3.8) is 0 Å². The van der Waals surface area contributed by atoms with E-state index in [1.165, 1.54) is 0 Å². The Bertz CT molecular complexity index is 494. The molecule has 4 N–H and O–H groups in total. The van der Waals surface area contributed by atoms with Crippen LogP contribution in [0.3, 0.4) is 0 Å². The summed E-state index contributed by atoms with van der Waals surface area (Å²) in [5.74, 6) is 0.318. The van der Waals surface area contributed by atoms with Crippen LogP contribution in [0.5, 0.6) is 0 Å². The number of anilines is 2. The van der Waals surface area contributed by atoms with Crippen LogP contribution in [0, 0.1) is 12.8 Å². The van der Waals surface area contributed by atoms with E-state index in [0.717, 1.165) is 31.5 Å². The molecule has 1 fully saturated rings. The predicted octanol–water partition coefficient (Wildman–Crippen LogP) is 1.61. The fraction of sp³-hybridized carbons (Fsp3) is 0.562. The van der Waals surface area contributed by atoms with Gasteiger partial charge in [0.05, 0.1) is 24.0 Å². The number of hydrogen-bond acceptors (Lipinski definition) is 4. The van der Waals surface area contributed by atoms with Crippen molar-refractivity contribution in [3.05, 3.63) is 23.8 Å². The Kier molecular flexibility index (Phi) is 5.20. The molecule has 0 spiro atoms. The number of benzene rings is 1. The van der Waals surface area contributed by atoms with Crippen LogP contribution in [0.4, 0.5) is 11.4 Å². The third kappa shape index (κ3) is 4.44. The normalized spacial score (nSPS) is 18.4. The number of nitrogens with two attached hydrogens (primary N) is 1. The van der Waals surface area contributed by atoms with Crippen molar-refractivity contribution in [3.8, 4) is 0 Å². The average molecular weight is 291 g/mol. The van der Waals surface area contributed by atoms with Gasteiger partial charge in [0, 0.05) is 0 Å². The minimum atomic E-state index is -0.256. The molecule has 5 nitrogen and oxygen atoms in total. The number of nitrogen functional groups attached to an aromatic ring is 1. The first-order valence-corrected chi connectivity index (χ1v) is 7.52. The third-order valence-electron chi connectivity index (χ3n) is 4.16. The minimum Gasteiger partial charge on any atom is -0.397 e. The summed E-state index contributed by atoms with van der Waals surface area (Å²) in [6.07, 6.45) is 1.63. The van der Waals surface area contributed by atoms with E-state index in [-0.39, 0.29) is 12.0 Å². The van der Waals surface area contributed by atoms with Gasteiger partial charge in [-0.1, -0.05) is 6.07 Å². The Morgan fingerprint density at radius 2 is 2.14 bits per heavy atom. The summed E-state index contributed by atoms with van der Waals surface area (Å²) in [4.78, 5) is 14.2. The Labute approximate surface area is 126 Å². The first-order valence-electron chi connectivity index (χ1n) is 7.52. The van der Waals surface area contributed by atoms with E-state index in [2.05, 4.69) is 10.2 Å². The Hall–Kier alpha value is -1.59. The molecule has 21 heavy (non-hydrogen) atoms. The van der Waals surface area contributed by atoms with Crippen molar-refractivity contribution in [1.82, 2.24) is 4.90 Å². The van der Waals surface area contributed by atoms with Gasteiger partial charge in [-0.05, 0) is 63.4 Å². The number of aliphatic hydroxyl groups is 1. The van der Waals surface area contributed by atoms with Crippen molar-refractivity contribution in [1.29, 1.82) is 0 Å². The van der Waals surface area contributed by atoms with Crippen molar-refractivity contribution in [2.45, 2.75) is 32.8 Å². The lowest BCUT2D eigenvalue weighted by Crippen LogP contribution is -2.41. The van der Waals surface area contributed by atoms with Crippen molar-refractivity contribution >= 4 is 17.3 Å². The second-order valence-electron chi connectivity index (χ2n) is 5.99. The molecule has 1 aromatic carbocycles. The van der Waals surface area contributed by atoms with Gasteiger partial charge in [0.25, 0.3) is 0 Å². The second kappa shape index (κ2) is 6.91. The average Bonchev–Trinajstić information content (AvgIpc) is 2.42. The SMILES string of the molecule is Cc1ccc(NC(=O)CN2CCC(C(C)O)CC2)c(N)c1. The quantitative estimate of drug-likeness (QED) is 0.736. The first kappa shape index (κ1) is 15.8. The van der Waals surface area contributed by atoms with Crippen LogP contribution in [0.25, 0.3) is 0 Å². The topological polar surface area (TPSA) is 78.6 Å². The van der Waals surface area contributed by atoms with Gasteiger partial charge < -0.3 is 16.2 Å². The molecular weight excluding hydrogens is 266 g/mol. The smallest absolute Gasteiger partial charge is 0.238 e. The number of amides is 1. The monoisotopic (exact) mass is 291 g/mol. The molecule has 2 rings (SSSR count). The molecule has 1 aromatic rings. The Morgan fingerprint density at radius 3 is 2.71 bits per heavy atom. The van der Waals surface area contributed by atoms with Crippen molar-refractivity contribution in [2.24, 2.45) is 5.92 Å². The van der Waals surface area contributed by atoms with Crippen LogP contribution >= 0.6 is 0 Å². The van der Waals surface area contributed by atoms with Gasteiger partial charge in [-0.15, -0.1) is 0 Å². The molecular formula is C16H25N3O2. The highest BCUT2D eigenvalue weighted by Crippen LogP contribution is 2.21. The second-order valence-corrected chi connectivity index (χ2v) is 5.99. The largest absolute Gasteiger partial charge is 0.397 e. The van der Waals surface area contributed by atoms with Crippen LogP contribution in [0.1, 0.15) is 25.3 Å². The standard InChI is InChI=1S/C16H25N3O2/c1-11-3-4-15(14(17)9-11)18-16(21)10-19-7-5-13(6-8-19)12(2)20/h3-4,9,12-13,20H,5-8,10,17H2,1-2H3,(H,18,21). The van der Waals surface area contributed by atoms with Gasteiger partial charge in [0.15, 0.2) is 0 Å². The summed E-state index contributed by atoms with van der Waals surface area (Å²) in [7, 11) is 0. The van der Waals surface area contributed by atoms with E-state index < -0.39 is 0 Å². The van der Waals surface area contributed by atoms with Gasteiger partial charge in [-0.2, -0.15) is 0 Å². The zero-order valence-electron chi connectivity index (χ0n) is 12.8. The summed E-state index contributed by atoms with van der Waals surface area (Å²) < 4.78 is 0. The number of aliphatic hydroxyl groups excluding tert-OH is 1. The van der Waals surface area contributed by atoms with Gasteiger partial charge in [0.1, 0.15) is 0 Å². The molecule has 0 bridgehead atoms. The highest BCUT2D eigenvalue weighted by molar-refractivity contribution is 5.95. The fourth-order valence-electron chi connectivity index (χ4n) is 2.78. The van der Waals surface area contributed by atoms with E-state index >= 15 is 0 Å². The molecule has 1 aliphatic heterocycles. The van der Waals surface area contributed by atoms with Crippen LogP contribution in [-0.4, -0.2) is 41.7 Å². The number of nitrogens with one attached hydrogen (secondary N) is 1. The molecule has 0 radical (unpaired) electrons. The number of nitrogens with zero attached hydrogens (tertiary/aromatic N) is 1. The Morgan fingerprint density at radius 1 is 1.48 bits per heavy atom. The molecule has 5 heteroatoms. The number of hydrogen-bond donors (Lipinski definition) is 3. The van der Waals surface area contributed by atoms with Gasteiger partial charge in [-0.25, -0.2) is 0 Å². The van der Waals surface area contributed by atoms with Gasteiger partial charge in [0.2, 0.25) is 5.91 Å². The lowest BCUT2D eigenvalue weighted by atomic mass is 9.92. The summed E-state index contributed by atoms with van der Waals surface area (Å²) in [6.45, 7) is 5.89. The van der Waals surface area contributed by atoms with Gasteiger partial charge >= 0.3 is 0 Å². The van der Waals surface area contributed by atoms with E-state index in [0.29, 0.717) is 23.8 Å². The van der Waals surface area contributed by atoms with Crippen LogP contribution < -0.4 is 11.1 Å². The van der Waals surface area contributed by atoms with Crippen LogP contribution in [-0.2, 0) is 4.79 Å². The van der Waals surface area contributed by atoms with E-state index in [9.17, 15) is 9.90 Å². The highest BCUT2D eigenvalue weighted by atomic mass is 16.3. The lowest BCUT2D eigenvalue weighted by Gasteiger charge is -2.32. The molecule has 0 saturated carbocycles. The molecule has 1 atom stereocenters. The molecule has 1 unspecified atom stereocenters. The van der Waals surface area contributed by atoms with E-state index in [4.69, 9.17) is 5.73 Å². The zero-order valence-corrected chi connectivity index (χ0v) is 12.8. The molecule has 0 aromatic heterocycles. The molecule has 116 valence electrons. The predicted molar refractivity (Wildman–Crippen MR) is 85.1 cm³/mol. The third-order valence-corrected chi connectivity index (χ3v) is 4.16. The Balaban J connectivity index is 1.83. The zero-order chi connectivity index (χ0) is 15.4. The number of piperidine rings is 1. The van der Waals surface area contributed by atoms with Gasteiger partial charge in [-0.3, -0.25) is 9.69 Å². The fourth-order valence-corrected chi connectivity index (χ4v) is 2.78. The molecule has 1 heterocycles. The summed E-state index contributed by atoms with van der Waals surface area (Å²) in [6, 6.07) is 5.62. The molecule has 1 saturated heterocycles. The summed E-state index contributed by atoms with van der Waals surface area (Å²) in [5.41, 5.74) is 8.24. The summed E-state index contributed by atoms with van der Waals surface area (Å²) >= 11 is 0. The van der Waals surface area contributed by atoms with Crippen LogP contribution in [0.2, 0.25) is 0 Å². The number of rotatable bonds is 4. The number of likely N-dealkylation sites (tertiary alicyclic amines) is 1. The maximum atomic E-state index is 12.1. The number of carbonyl (C=O) groups is 1. The highest BCUT2D eigenvalue weighted by Gasteiger charge is 2.23.